The molecule has 0 atom stereocenters. The molecule has 0 unspecified atom stereocenters. The summed E-state index contributed by atoms with van der Waals surface area (Å²) in [5, 5.41) is 0.551. The first-order chi connectivity index (χ1) is 9.44. The molecule has 2 aromatic rings. The van der Waals surface area contributed by atoms with Gasteiger partial charge in [-0.05, 0) is 23.3 Å². The number of rotatable bonds is 2. The predicted molar refractivity (Wildman–Crippen MR) is 88.6 cm³/mol. The first-order valence-corrected chi connectivity index (χ1v) is 8.13. The van der Waals surface area contributed by atoms with Crippen molar-refractivity contribution in [3.8, 4) is 0 Å². The van der Waals surface area contributed by atoms with Crippen LogP contribution in [0.1, 0.15) is 38.8 Å². The monoisotopic (exact) mass is 282 g/mol. The Bertz CT molecular complexity index is 576. The Hall–Kier alpha value is -1.21. The maximum Gasteiger partial charge on any atom is 0.0278 e. The summed E-state index contributed by atoms with van der Waals surface area (Å²) in [6.07, 6.45) is 0. The fourth-order valence-corrected chi connectivity index (χ4v) is 5.15. The number of benzene rings is 2. The quantitative estimate of drug-likeness (QED) is 0.709. The highest BCUT2D eigenvalue weighted by Gasteiger charge is 2.51. The van der Waals surface area contributed by atoms with Crippen LogP contribution in [0.2, 0.25) is 0 Å². The van der Waals surface area contributed by atoms with E-state index in [1.165, 1.54) is 16.0 Å². The van der Waals surface area contributed by atoms with Gasteiger partial charge in [0.05, 0.1) is 0 Å². The van der Waals surface area contributed by atoms with Crippen LogP contribution < -0.4 is 0 Å². The number of fused-ring (bicyclic) bond motifs is 1. The average Bonchev–Trinajstić information content (AvgIpc) is 2.59. The summed E-state index contributed by atoms with van der Waals surface area (Å²) in [6, 6.07) is 19.8. The van der Waals surface area contributed by atoms with Crippen LogP contribution in [0.25, 0.3) is 0 Å². The van der Waals surface area contributed by atoms with Crippen molar-refractivity contribution in [2.75, 3.05) is 0 Å². The zero-order chi connectivity index (χ0) is 14.4. The van der Waals surface area contributed by atoms with E-state index < -0.39 is 0 Å². The topological polar surface area (TPSA) is 0 Å². The average molecular weight is 282 g/mol. The zero-order valence-corrected chi connectivity index (χ0v) is 13.5. The maximum atomic E-state index is 2.39. The highest BCUT2D eigenvalue weighted by Crippen LogP contribution is 2.55. The molecule has 0 heterocycles. The molecule has 0 bridgehead atoms. The van der Waals surface area contributed by atoms with Gasteiger partial charge in [-0.3, -0.25) is 0 Å². The van der Waals surface area contributed by atoms with E-state index in [2.05, 4.69) is 82.3 Å². The van der Waals surface area contributed by atoms with Crippen molar-refractivity contribution in [2.24, 2.45) is 0 Å². The standard InChI is InChI=1S/C19H22S/c1-18(2)15-12-8-9-13-16(15)19(3,4)17(18)20-14-10-6-5-7-11-14/h5-13,17H,1-4H3. The van der Waals surface area contributed by atoms with Gasteiger partial charge in [0.15, 0.2) is 0 Å². The van der Waals surface area contributed by atoms with E-state index >= 15 is 0 Å². The molecule has 0 saturated heterocycles. The van der Waals surface area contributed by atoms with Crippen molar-refractivity contribution >= 4 is 11.8 Å². The summed E-state index contributed by atoms with van der Waals surface area (Å²) >= 11 is 2.02. The van der Waals surface area contributed by atoms with Crippen LogP contribution >= 0.6 is 11.8 Å². The molecule has 0 nitrogen and oxygen atoms in total. The second-order valence-electron chi connectivity index (χ2n) is 6.80. The van der Waals surface area contributed by atoms with Crippen LogP contribution in [-0.4, -0.2) is 5.25 Å². The van der Waals surface area contributed by atoms with Crippen molar-refractivity contribution in [1.29, 1.82) is 0 Å². The fourth-order valence-electron chi connectivity index (χ4n) is 3.72. The third-order valence-corrected chi connectivity index (χ3v) is 6.58. The Morgan fingerprint density at radius 3 is 1.65 bits per heavy atom. The van der Waals surface area contributed by atoms with Gasteiger partial charge in [0, 0.05) is 21.0 Å². The van der Waals surface area contributed by atoms with Gasteiger partial charge in [-0.2, -0.15) is 0 Å². The molecule has 1 aliphatic carbocycles. The lowest BCUT2D eigenvalue weighted by atomic mass is 9.81. The van der Waals surface area contributed by atoms with Crippen LogP contribution in [0.3, 0.4) is 0 Å². The molecule has 3 rings (SSSR count). The first-order valence-electron chi connectivity index (χ1n) is 7.26. The van der Waals surface area contributed by atoms with Crippen molar-refractivity contribution in [2.45, 2.75) is 48.7 Å². The molecule has 0 saturated carbocycles. The first kappa shape index (κ1) is 13.8. The summed E-state index contributed by atoms with van der Waals surface area (Å²) < 4.78 is 0. The molecule has 1 aliphatic rings. The second kappa shape index (κ2) is 4.66. The summed E-state index contributed by atoms with van der Waals surface area (Å²) in [5.41, 5.74) is 3.41. The van der Waals surface area contributed by atoms with Crippen LogP contribution in [0.5, 0.6) is 0 Å². The van der Waals surface area contributed by atoms with Gasteiger partial charge in [-0.25, -0.2) is 0 Å². The van der Waals surface area contributed by atoms with Gasteiger partial charge < -0.3 is 0 Å². The molecule has 0 amide bonds. The Balaban J connectivity index is 2.04. The normalized spacial score (nSPS) is 19.8. The summed E-state index contributed by atoms with van der Waals surface area (Å²) in [4.78, 5) is 1.37. The Kier molecular flexibility index (Phi) is 3.21. The molecule has 0 aliphatic heterocycles. The highest BCUT2D eigenvalue weighted by molar-refractivity contribution is 8.00. The minimum atomic E-state index is 0.195. The lowest BCUT2D eigenvalue weighted by molar-refractivity contribution is 0.420. The number of thioether (sulfide) groups is 1. The summed E-state index contributed by atoms with van der Waals surface area (Å²) in [7, 11) is 0. The molecule has 2 aromatic carbocycles. The predicted octanol–water partition coefficient (Wildman–Crippen LogP) is 5.42. The molecule has 0 radical (unpaired) electrons. The van der Waals surface area contributed by atoms with Crippen molar-refractivity contribution in [3.63, 3.8) is 0 Å². The molecule has 20 heavy (non-hydrogen) atoms. The number of hydrogen-bond donors (Lipinski definition) is 0. The molecule has 0 fully saturated rings. The molecule has 104 valence electrons. The van der Waals surface area contributed by atoms with Gasteiger partial charge in [-0.15, -0.1) is 11.8 Å². The van der Waals surface area contributed by atoms with E-state index in [1.54, 1.807) is 0 Å². The van der Waals surface area contributed by atoms with Crippen LogP contribution in [0.15, 0.2) is 59.5 Å². The van der Waals surface area contributed by atoms with Gasteiger partial charge in [0.1, 0.15) is 0 Å². The lowest BCUT2D eigenvalue weighted by Gasteiger charge is -2.35. The van der Waals surface area contributed by atoms with Gasteiger partial charge in [0.2, 0.25) is 0 Å². The van der Waals surface area contributed by atoms with E-state index in [9.17, 15) is 0 Å². The highest BCUT2D eigenvalue weighted by atomic mass is 32.2. The van der Waals surface area contributed by atoms with Gasteiger partial charge in [0.25, 0.3) is 0 Å². The summed E-state index contributed by atoms with van der Waals surface area (Å²) in [5.74, 6) is 0. The minimum absolute atomic E-state index is 0.195. The van der Waals surface area contributed by atoms with Crippen LogP contribution in [0.4, 0.5) is 0 Å². The smallest absolute Gasteiger partial charge is 0.0278 e. The van der Waals surface area contributed by atoms with Crippen LogP contribution in [-0.2, 0) is 10.8 Å². The Labute approximate surface area is 126 Å². The molecule has 0 spiro atoms. The maximum absolute atomic E-state index is 2.39. The molecule has 0 N–H and O–H groups in total. The van der Waals surface area contributed by atoms with Crippen molar-refractivity contribution < 1.29 is 0 Å². The van der Waals surface area contributed by atoms with E-state index in [-0.39, 0.29) is 10.8 Å². The van der Waals surface area contributed by atoms with E-state index in [4.69, 9.17) is 0 Å². The van der Waals surface area contributed by atoms with Crippen LogP contribution in [0, 0.1) is 0 Å². The van der Waals surface area contributed by atoms with E-state index in [0.717, 1.165) is 0 Å². The SMILES string of the molecule is CC1(C)c2ccccc2C(C)(C)C1Sc1ccccc1. The van der Waals surface area contributed by atoms with E-state index in [0.29, 0.717) is 5.25 Å². The Morgan fingerprint density at radius 2 is 1.15 bits per heavy atom. The van der Waals surface area contributed by atoms with Crippen molar-refractivity contribution in [1.82, 2.24) is 0 Å². The van der Waals surface area contributed by atoms with Crippen molar-refractivity contribution in [3.05, 3.63) is 65.7 Å². The zero-order valence-electron chi connectivity index (χ0n) is 12.7. The second-order valence-corrected chi connectivity index (χ2v) is 7.98. The minimum Gasteiger partial charge on any atom is -0.121 e. The third-order valence-electron chi connectivity index (χ3n) is 4.62. The molecule has 1 heteroatoms. The largest absolute Gasteiger partial charge is 0.121 e. The number of hydrogen-bond acceptors (Lipinski definition) is 1. The van der Waals surface area contributed by atoms with Gasteiger partial charge in [-0.1, -0.05) is 70.2 Å². The third kappa shape index (κ3) is 2.00. The summed E-state index contributed by atoms with van der Waals surface area (Å²) in [6.45, 7) is 9.56. The molecular weight excluding hydrogens is 260 g/mol. The van der Waals surface area contributed by atoms with Gasteiger partial charge >= 0.3 is 0 Å². The Morgan fingerprint density at radius 1 is 0.700 bits per heavy atom. The molecule has 0 aromatic heterocycles. The lowest BCUT2D eigenvalue weighted by Crippen LogP contribution is -2.36. The fraction of sp³-hybridized carbons (Fsp3) is 0.368. The van der Waals surface area contributed by atoms with E-state index in [1.807, 2.05) is 11.8 Å². The molecular formula is C19H22S.